The van der Waals surface area contributed by atoms with Crippen molar-refractivity contribution in [1.29, 1.82) is 0 Å². The van der Waals surface area contributed by atoms with Crippen LogP contribution in [0.15, 0.2) is 80.0 Å². The van der Waals surface area contributed by atoms with Crippen LogP contribution in [-0.2, 0) is 0 Å². The van der Waals surface area contributed by atoms with Gasteiger partial charge in [0.1, 0.15) is 11.0 Å². The third kappa shape index (κ3) is 2.59. The predicted molar refractivity (Wildman–Crippen MR) is 119 cm³/mol. The van der Waals surface area contributed by atoms with Gasteiger partial charge in [-0.2, -0.15) is 0 Å². The Hall–Kier alpha value is -3.15. The summed E-state index contributed by atoms with van der Waals surface area (Å²) in [5.74, 6) is 0.734. The van der Waals surface area contributed by atoms with Crippen molar-refractivity contribution in [3.63, 3.8) is 0 Å². The molecule has 0 amide bonds. The Kier molecular flexibility index (Phi) is 3.93. The van der Waals surface area contributed by atoms with Crippen molar-refractivity contribution in [3.8, 4) is 10.4 Å². The maximum Gasteiger partial charge on any atom is 0.137 e. The fourth-order valence-corrected chi connectivity index (χ4v) is 4.82. The molecule has 6 heteroatoms. The summed E-state index contributed by atoms with van der Waals surface area (Å²) >= 11 is 7.92. The lowest BCUT2D eigenvalue weighted by atomic mass is 10.1. The zero-order chi connectivity index (χ0) is 19.3. The van der Waals surface area contributed by atoms with E-state index >= 15 is 0 Å². The molecular weight excluding hydrogens is 388 g/mol. The Morgan fingerprint density at radius 1 is 1.07 bits per heavy atom. The van der Waals surface area contributed by atoms with Crippen LogP contribution in [0.4, 0.5) is 11.4 Å². The van der Waals surface area contributed by atoms with Gasteiger partial charge in [-0.1, -0.05) is 49.0 Å². The van der Waals surface area contributed by atoms with Gasteiger partial charge in [0.15, 0.2) is 0 Å². The number of benzene rings is 1. The lowest BCUT2D eigenvalue weighted by Gasteiger charge is -2.33. The number of anilines is 2. The first-order valence-corrected chi connectivity index (χ1v) is 9.86. The van der Waals surface area contributed by atoms with Gasteiger partial charge in [-0.05, 0) is 18.2 Å². The second kappa shape index (κ2) is 6.48. The fourth-order valence-electron chi connectivity index (χ4n) is 3.45. The van der Waals surface area contributed by atoms with E-state index in [1.807, 2.05) is 47.6 Å². The van der Waals surface area contributed by atoms with Gasteiger partial charge in [0, 0.05) is 33.6 Å². The summed E-state index contributed by atoms with van der Waals surface area (Å²) in [5, 5.41) is 6.05. The Labute approximate surface area is 171 Å². The quantitative estimate of drug-likeness (QED) is 0.394. The molecule has 0 bridgehead atoms. The molecule has 4 aromatic rings. The van der Waals surface area contributed by atoms with E-state index in [0.717, 1.165) is 49.0 Å². The minimum Gasteiger partial charge on any atom is -0.341 e. The predicted octanol–water partition coefficient (Wildman–Crippen LogP) is 6.39. The molecule has 28 heavy (non-hydrogen) atoms. The maximum absolute atomic E-state index is 6.29. The number of halogens is 1. The minimum atomic E-state index is 0.487. The fraction of sp³-hybridized carbons (Fsp3) is 0. The molecule has 5 rings (SSSR count). The first-order chi connectivity index (χ1) is 13.6. The van der Waals surface area contributed by atoms with Crippen LogP contribution in [0.5, 0.6) is 0 Å². The van der Waals surface area contributed by atoms with Crippen molar-refractivity contribution in [1.82, 2.24) is 9.97 Å². The number of pyridine rings is 2. The molecule has 1 aliphatic rings. The molecular formula is C22H15ClN4S. The van der Waals surface area contributed by atoms with Gasteiger partial charge in [-0.3, -0.25) is 9.88 Å². The Bertz CT molecular complexity index is 1260. The van der Waals surface area contributed by atoms with Crippen molar-refractivity contribution in [2.24, 2.45) is 0 Å². The van der Waals surface area contributed by atoms with E-state index in [4.69, 9.17) is 11.6 Å². The third-order valence-electron chi connectivity index (χ3n) is 4.73. The van der Waals surface area contributed by atoms with Gasteiger partial charge >= 0.3 is 0 Å². The SMILES string of the molecule is C=C1Nc2cc(-c3cccnc3Cl)sc2C(=C)N1c1cncc2ccccc12. The van der Waals surface area contributed by atoms with E-state index in [9.17, 15) is 0 Å². The Morgan fingerprint density at radius 2 is 1.93 bits per heavy atom. The summed E-state index contributed by atoms with van der Waals surface area (Å²) in [6, 6.07) is 14.1. The van der Waals surface area contributed by atoms with E-state index in [1.54, 1.807) is 17.5 Å². The highest BCUT2D eigenvalue weighted by Crippen LogP contribution is 2.46. The van der Waals surface area contributed by atoms with Crippen LogP contribution in [0.3, 0.4) is 0 Å². The number of hydrogen-bond donors (Lipinski definition) is 1. The zero-order valence-electron chi connectivity index (χ0n) is 14.8. The summed E-state index contributed by atoms with van der Waals surface area (Å²) in [4.78, 5) is 12.7. The van der Waals surface area contributed by atoms with Crippen molar-refractivity contribution >= 4 is 50.8 Å². The number of rotatable bonds is 2. The average molecular weight is 403 g/mol. The number of nitrogens with one attached hydrogen (secondary N) is 1. The maximum atomic E-state index is 6.29. The second-order valence-corrected chi connectivity index (χ2v) is 7.84. The van der Waals surface area contributed by atoms with Crippen LogP contribution in [0.1, 0.15) is 4.88 Å². The van der Waals surface area contributed by atoms with Gasteiger partial charge in [0.05, 0.1) is 28.1 Å². The molecule has 4 nitrogen and oxygen atoms in total. The summed E-state index contributed by atoms with van der Waals surface area (Å²) < 4.78 is 0. The van der Waals surface area contributed by atoms with Gasteiger partial charge in [-0.15, -0.1) is 11.3 Å². The van der Waals surface area contributed by atoms with Crippen LogP contribution in [0.25, 0.3) is 26.9 Å². The van der Waals surface area contributed by atoms with Crippen molar-refractivity contribution in [3.05, 3.63) is 90.1 Å². The molecule has 136 valence electrons. The molecule has 0 saturated heterocycles. The van der Waals surface area contributed by atoms with E-state index in [1.165, 1.54) is 0 Å². The topological polar surface area (TPSA) is 41.1 Å². The van der Waals surface area contributed by atoms with Crippen molar-refractivity contribution < 1.29 is 0 Å². The molecule has 0 saturated carbocycles. The average Bonchev–Trinajstić information content (AvgIpc) is 3.12. The lowest BCUT2D eigenvalue weighted by molar-refractivity contribution is 1.16. The molecule has 0 atom stereocenters. The summed E-state index contributed by atoms with van der Waals surface area (Å²) in [6.07, 6.45) is 5.40. The molecule has 1 aromatic carbocycles. The molecule has 0 unspecified atom stereocenters. The molecule has 0 spiro atoms. The van der Waals surface area contributed by atoms with Crippen LogP contribution < -0.4 is 10.2 Å². The van der Waals surface area contributed by atoms with Crippen LogP contribution in [0, 0.1) is 0 Å². The van der Waals surface area contributed by atoms with Crippen LogP contribution in [0.2, 0.25) is 5.15 Å². The monoisotopic (exact) mass is 402 g/mol. The Morgan fingerprint density at radius 3 is 2.79 bits per heavy atom. The first kappa shape index (κ1) is 17.0. The number of thiophene rings is 1. The van der Waals surface area contributed by atoms with Gasteiger partial charge in [0.25, 0.3) is 0 Å². The van der Waals surface area contributed by atoms with Crippen molar-refractivity contribution in [2.75, 3.05) is 10.2 Å². The first-order valence-electron chi connectivity index (χ1n) is 8.66. The third-order valence-corrected chi connectivity index (χ3v) is 6.24. The molecule has 0 fully saturated rings. The van der Waals surface area contributed by atoms with Crippen LogP contribution in [-0.4, -0.2) is 9.97 Å². The summed E-state index contributed by atoms with van der Waals surface area (Å²) in [7, 11) is 0. The molecule has 0 radical (unpaired) electrons. The van der Waals surface area contributed by atoms with Gasteiger partial charge in [0.2, 0.25) is 0 Å². The molecule has 3 aromatic heterocycles. The van der Waals surface area contributed by atoms with Gasteiger partial charge in [-0.25, -0.2) is 4.98 Å². The van der Waals surface area contributed by atoms with Gasteiger partial charge < -0.3 is 5.32 Å². The smallest absolute Gasteiger partial charge is 0.137 e. The molecule has 0 aliphatic carbocycles. The molecule has 1 aliphatic heterocycles. The normalized spacial score (nSPS) is 13.5. The number of fused-ring (bicyclic) bond motifs is 2. The number of hydrogen-bond acceptors (Lipinski definition) is 5. The molecule has 1 N–H and O–H groups in total. The van der Waals surface area contributed by atoms with Crippen LogP contribution >= 0.6 is 22.9 Å². The zero-order valence-corrected chi connectivity index (χ0v) is 16.4. The highest BCUT2D eigenvalue weighted by Gasteiger charge is 2.28. The minimum absolute atomic E-state index is 0.487. The Balaban J connectivity index is 1.63. The van der Waals surface area contributed by atoms with E-state index in [-0.39, 0.29) is 0 Å². The standard InChI is InChI=1S/C22H15ClN4S/c1-13-21-18(10-20(28-21)17-8-5-9-25-22(17)23)26-14(2)27(13)19-12-24-11-15-6-3-4-7-16(15)19/h3-12,26H,1-2H2. The summed E-state index contributed by atoms with van der Waals surface area (Å²) in [5.41, 5.74) is 3.68. The molecule has 4 heterocycles. The van der Waals surface area contributed by atoms with E-state index < -0.39 is 0 Å². The lowest BCUT2D eigenvalue weighted by Crippen LogP contribution is -2.28. The van der Waals surface area contributed by atoms with E-state index in [0.29, 0.717) is 5.15 Å². The highest BCUT2D eigenvalue weighted by atomic mass is 35.5. The second-order valence-electron chi connectivity index (χ2n) is 6.43. The summed E-state index contributed by atoms with van der Waals surface area (Å²) in [6.45, 7) is 8.58. The van der Waals surface area contributed by atoms with E-state index in [2.05, 4.69) is 40.6 Å². The largest absolute Gasteiger partial charge is 0.341 e. The highest BCUT2D eigenvalue weighted by molar-refractivity contribution is 7.17. The number of nitrogens with zero attached hydrogens (tertiary/aromatic N) is 3. The number of aromatic nitrogens is 2. The van der Waals surface area contributed by atoms with Crippen molar-refractivity contribution in [2.45, 2.75) is 0 Å².